The number of aromatic nitrogens is 1. The average molecular weight is 374 g/mol. The molecule has 3 aromatic rings. The summed E-state index contributed by atoms with van der Waals surface area (Å²) >= 11 is 0. The van der Waals surface area contributed by atoms with Crippen LogP contribution >= 0.6 is 0 Å². The maximum atomic E-state index is 13.1. The van der Waals surface area contributed by atoms with Gasteiger partial charge in [0.15, 0.2) is 0 Å². The number of hydrogen-bond donors (Lipinski definition) is 1. The first kappa shape index (κ1) is 19.6. The van der Waals surface area contributed by atoms with Crippen LogP contribution in [0.25, 0.3) is 0 Å². The van der Waals surface area contributed by atoms with E-state index in [0.29, 0.717) is 23.6 Å². The van der Waals surface area contributed by atoms with Crippen molar-refractivity contribution in [1.82, 2.24) is 4.98 Å². The third kappa shape index (κ3) is 4.39. The van der Waals surface area contributed by atoms with Crippen molar-refractivity contribution < 1.29 is 9.53 Å². The number of nitrogens with zero attached hydrogens (tertiary/aromatic N) is 1. The molecule has 2 aromatic carbocycles. The van der Waals surface area contributed by atoms with Gasteiger partial charge in [0.05, 0.1) is 5.69 Å². The highest BCUT2D eigenvalue weighted by Crippen LogP contribution is 2.26. The van der Waals surface area contributed by atoms with Crippen molar-refractivity contribution in [2.45, 2.75) is 41.2 Å². The summed E-state index contributed by atoms with van der Waals surface area (Å²) in [7, 11) is 0. The molecular formula is C24H26N2O2. The van der Waals surface area contributed by atoms with E-state index in [9.17, 15) is 4.79 Å². The Hall–Kier alpha value is -3.14. The van der Waals surface area contributed by atoms with Crippen LogP contribution in [-0.4, -0.2) is 10.9 Å². The molecule has 4 nitrogen and oxygen atoms in total. The number of anilines is 1. The minimum Gasteiger partial charge on any atom is -0.488 e. The number of aryl methyl sites for hydroxylation is 4. The molecule has 1 N–H and O–H groups in total. The first-order chi connectivity index (χ1) is 13.3. The van der Waals surface area contributed by atoms with Crippen molar-refractivity contribution in [3.8, 4) is 5.75 Å². The van der Waals surface area contributed by atoms with Crippen molar-refractivity contribution in [1.29, 1.82) is 0 Å². The molecule has 0 aliphatic heterocycles. The molecule has 0 radical (unpaired) electrons. The van der Waals surface area contributed by atoms with Crippen LogP contribution in [0, 0.1) is 34.6 Å². The van der Waals surface area contributed by atoms with Gasteiger partial charge in [-0.25, -0.2) is 0 Å². The van der Waals surface area contributed by atoms with Gasteiger partial charge >= 0.3 is 0 Å². The minimum absolute atomic E-state index is 0.211. The predicted molar refractivity (Wildman–Crippen MR) is 113 cm³/mol. The molecule has 0 atom stereocenters. The van der Waals surface area contributed by atoms with Gasteiger partial charge in [0.1, 0.15) is 17.9 Å². The van der Waals surface area contributed by atoms with Crippen molar-refractivity contribution in [2.24, 2.45) is 0 Å². The maximum absolute atomic E-state index is 13.1. The van der Waals surface area contributed by atoms with Gasteiger partial charge in [-0.05, 0) is 57.4 Å². The molecule has 0 saturated carbocycles. The third-order valence-electron chi connectivity index (χ3n) is 4.89. The van der Waals surface area contributed by atoms with Gasteiger partial charge in [0.2, 0.25) is 0 Å². The lowest BCUT2D eigenvalue weighted by Crippen LogP contribution is -2.17. The molecular weight excluding hydrogens is 348 g/mol. The molecule has 0 aliphatic carbocycles. The Morgan fingerprint density at radius 3 is 2.43 bits per heavy atom. The van der Waals surface area contributed by atoms with Gasteiger partial charge in [-0.1, -0.05) is 42.0 Å². The van der Waals surface area contributed by atoms with Crippen LogP contribution in [-0.2, 0) is 6.61 Å². The van der Waals surface area contributed by atoms with E-state index in [4.69, 9.17) is 4.74 Å². The molecule has 0 unspecified atom stereocenters. The van der Waals surface area contributed by atoms with Crippen LogP contribution in [0.3, 0.4) is 0 Å². The monoisotopic (exact) mass is 374 g/mol. The largest absolute Gasteiger partial charge is 0.488 e. The van der Waals surface area contributed by atoms with Crippen LogP contribution in [0.5, 0.6) is 5.75 Å². The number of benzene rings is 2. The zero-order valence-corrected chi connectivity index (χ0v) is 17.1. The maximum Gasteiger partial charge on any atom is 0.261 e. The summed E-state index contributed by atoms with van der Waals surface area (Å²) in [5.74, 6) is 0.339. The quantitative estimate of drug-likeness (QED) is 0.645. The summed E-state index contributed by atoms with van der Waals surface area (Å²) in [5, 5.41) is 3.01. The minimum atomic E-state index is -0.211. The highest BCUT2D eigenvalue weighted by atomic mass is 16.5. The summed E-state index contributed by atoms with van der Waals surface area (Å²) in [6.45, 7) is 10.2. The molecule has 0 aliphatic rings. The van der Waals surface area contributed by atoms with Crippen LogP contribution in [0.2, 0.25) is 0 Å². The Morgan fingerprint density at radius 1 is 1.00 bits per heavy atom. The number of hydrogen-bond acceptors (Lipinski definition) is 3. The molecule has 1 aromatic heterocycles. The van der Waals surface area contributed by atoms with E-state index in [0.717, 1.165) is 28.1 Å². The summed E-state index contributed by atoms with van der Waals surface area (Å²) < 4.78 is 6.04. The van der Waals surface area contributed by atoms with Crippen LogP contribution in [0.4, 0.5) is 5.69 Å². The van der Waals surface area contributed by atoms with Gasteiger partial charge in [-0.15, -0.1) is 0 Å². The second-order valence-corrected chi connectivity index (χ2v) is 7.20. The SMILES string of the molecule is Cc1ccc(COc2cc(C)nc(C)c2C(=O)Nc2cccc(C)c2C)cc1. The highest BCUT2D eigenvalue weighted by Gasteiger charge is 2.19. The van der Waals surface area contributed by atoms with Gasteiger partial charge in [0, 0.05) is 17.4 Å². The number of rotatable bonds is 5. The topological polar surface area (TPSA) is 51.2 Å². The zero-order chi connectivity index (χ0) is 20.3. The normalized spacial score (nSPS) is 10.6. The Labute approximate surface area is 166 Å². The second kappa shape index (κ2) is 8.26. The Morgan fingerprint density at radius 2 is 1.71 bits per heavy atom. The number of carbonyl (C=O) groups excluding carboxylic acids is 1. The molecule has 28 heavy (non-hydrogen) atoms. The zero-order valence-electron chi connectivity index (χ0n) is 17.1. The fourth-order valence-electron chi connectivity index (χ4n) is 3.10. The smallest absolute Gasteiger partial charge is 0.261 e. The summed E-state index contributed by atoms with van der Waals surface area (Å²) in [4.78, 5) is 17.5. The number of carbonyl (C=O) groups is 1. The first-order valence-corrected chi connectivity index (χ1v) is 9.39. The van der Waals surface area contributed by atoms with Gasteiger partial charge in [-0.2, -0.15) is 0 Å². The van der Waals surface area contributed by atoms with Crippen molar-refractivity contribution in [2.75, 3.05) is 5.32 Å². The Bertz CT molecular complexity index is 1010. The third-order valence-corrected chi connectivity index (χ3v) is 4.89. The fraction of sp³-hybridized carbons (Fsp3) is 0.250. The molecule has 1 heterocycles. The summed E-state index contributed by atoms with van der Waals surface area (Å²) in [6, 6.07) is 15.9. The lowest BCUT2D eigenvalue weighted by Gasteiger charge is -2.16. The van der Waals surface area contributed by atoms with Gasteiger partial charge in [-0.3, -0.25) is 9.78 Å². The van der Waals surface area contributed by atoms with E-state index in [-0.39, 0.29) is 5.91 Å². The van der Waals surface area contributed by atoms with Gasteiger partial charge < -0.3 is 10.1 Å². The summed E-state index contributed by atoms with van der Waals surface area (Å²) in [5.41, 5.74) is 7.18. The Kier molecular flexibility index (Phi) is 5.78. The van der Waals surface area contributed by atoms with Crippen LogP contribution in [0.15, 0.2) is 48.5 Å². The lowest BCUT2D eigenvalue weighted by molar-refractivity contribution is 0.102. The van der Waals surface area contributed by atoms with E-state index in [1.54, 1.807) is 0 Å². The van der Waals surface area contributed by atoms with Gasteiger partial charge in [0.25, 0.3) is 5.91 Å². The molecule has 0 saturated heterocycles. The van der Waals surface area contributed by atoms with Crippen molar-refractivity contribution in [3.05, 3.63) is 87.7 Å². The number of nitrogens with one attached hydrogen (secondary N) is 1. The van der Waals surface area contributed by atoms with Crippen LogP contribution < -0.4 is 10.1 Å². The molecule has 3 rings (SSSR count). The van der Waals surface area contributed by atoms with E-state index in [1.807, 2.05) is 64.1 Å². The van der Waals surface area contributed by atoms with E-state index < -0.39 is 0 Å². The van der Waals surface area contributed by atoms with E-state index in [1.165, 1.54) is 5.56 Å². The molecule has 1 amide bonds. The lowest BCUT2D eigenvalue weighted by atomic mass is 10.1. The standard InChI is InChI=1S/C24H26N2O2/c1-15-9-11-20(12-10-15)14-28-22-13-17(3)25-19(5)23(22)24(27)26-21-8-6-7-16(2)18(21)4/h6-13H,14H2,1-5H3,(H,26,27). The first-order valence-electron chi connectivity index (χ1n) is 9.39. The molecule has 144 valence electrons. The molecule has 0 fully saturated rings. The average Bonchev–Trinajstić information content (AvgIpc) is 2.64. The molecule has 4 heteroatoms. The summed E-state index contributed by atoms with van der Waals surface area (Å²) in [6.07, 6.45) is 0. The fourth-order valence-corrected chi connectivity index (χ4v) is 3.10. The van der Waals surface area contributed by atoms with Crippen molar-refractivity contribution in [3.63, 3.8) is 0 Å². The number of pyridine rings is 1. The molecule has 0 bridgehead atoms. The van der Waals surface area contributed by atoms with Crippen molar-refractivity contribution >= 4 is 11.6 Å². The number of amides is 1. The van der Waals surface area contributed by atoms with Crippen LogP contribution in [0.1, 0.15) is 44.0 Å². The van der Waals surface area contributed by atoms with E-state index >= 15 is 0 Å². The number of ether oxygens (including phenoxy) is 1. The predicted octanol–water partition coefficient (Wildman–Crippen LogP) is 5.46. The van der Waals surface area contributed by atoms with E-state index in [2.05, 4.69) is 29.4 Å². The second-order valence-electron chi connectivity index (χ2n) is 7.20. The Balaban J connectivity index is 1.88. The highest BCUT2D eigenvalue weighted by molar-refractivity contribution is 6.07. The molecule has 0 spiro atoms.